The summed E-state index contributed by atoms with van der Waals surface area (Å²) in [5, 5.41) is 9.25. The minimum Gasteiger partial charge on any atom is -0.396 e. The van der Waals surface area contributed by atoms with Crippen molar-refractivity contribution in [2.75, 3.05) is 13.2 Å². The fraction of sp³-hybridized carbons (Fsp3) is 0.727. The molecule has 0 spiro atoms. The van der Waals surface area contributed by atoms with E-state index in [0.717, 1.165) is 31.7 Å². The third-order valence-corrected chi connectivity index (χ3v) is 2.95. The molecule has 15 heavy (non-hydrogen) atoms. The fourth-order valence-corrected chi connectivity index (χ4v) is 2.14. The van der Waals surface area contributed by atoms with Gasteiger partial charge in [0.25, 0.3) is 0 Å². The highest BCUT2D eigenvalue weighted by Crippen LogP contribution is 2.33. The van der Waals surface area contributed by atoms with Crippen LogP contribution in [0.1, 0.15) is 31.6 Å². The highest BCUT2D eigenvalue weighted by atomic mass is 16.5. The van der Waals surface area contributed by atoms with Gasteiger partial charge in [-0.05, 0) is 12.8 Å². The van der Waals surface area contributed by atoms with Crippen molar-refractivity contribution in [3.63, 3.8) is 0 Å². The number of hydrogen-bond acceptors (Lipinski definition) is 3. The van der Waals surface area contributed by atoms with E-state index in [0.29, 0.717) is 0 Å². The van der Waals surface area contributed by atoms with Crippen molar-refractivity contribution >= 4 is 0 Å². The molecule has 1 aromatic heterocycles. The van der Waals surface area contributed by atoms with E-state index in [9.17, 15) is 5.11 Å². The van der Waals surface area contributed by atoms with Gasteiger partial charge in [-0.25, -0.2) is 4.98 Å². The van der Waals surface area contributed by atoms with Gasteiger partial charge in [-0.3, -0.25) is 0 Å². The topological polar surface area (TPSA) is 47.3 Å². The van der Waals surface area contributed by atoms with Crippen molar-refractivity contribution in [3.8, 4) is 0 Å². The van der Waals surface area contributed by atoms with Gasteiger partial charge in [0.1, 0.15) is 6.10 Å². The Morgan fingerprint density at radius 3 is 3.27 bits per heavy atom. The predicted octanol–water partition coefficient (Wildman–Crippen LogP) is 1.36. The van der Waals surface area contributed by atoms with Crippen molar-refractivity contribution in [2.24, 2.45) is 5.92 Å². The third-order valence-electron chi connectivity index (χ3n) is 2.95. The first-order chi connectivity index (χ1) is 7.36. The molecule has 0 bridgehead atoms. The molecule has 0 amide bonds. The lowest BCUT2D eigenvalue weighted by Crippen LogP contribution is -2.15. The summed E-state index contributed by atoms with van der Waals surface area (Å²) < 4.78 is 7.79. The molecule has 0 radical (unpaired) electrons. The maximum atomic E-state index is 9.25. The summed E-state index contributed by atoms with van der Waals surface area (Å²) in [6.45, 7) is 4.05. The summed E-state index contributed by atoms with van der Waals surface area (Å²) in [4.78, 5) is 4.16. The number of aryl methyl sites for hydroxylation is 1. The van der Waals surface area contributed by atoms with Crippen LogP contribution in [0.4, 0.5) is 0 Å². The van der Waals surface area contributed by atoms with E-state index in [-0.39, 0.29) is 18.6 Å². The molecule has 0 saturated carbocycles. The van der Waals surface area contributed by atoms with Crippen molar-refractivity contribution in [2.45, 2.75) is 32.4 Å². The zero-order valence-electron chi connectivity index (χ0n) is 9.09. The molecule has 4 nitrogen and oxygen atoms in total. The van der Waals surface area contributed by atoms with Crippen LogP contribution in [-0.2, 0) is 11.3 Å². The monoisotopic (exact) mass is 210 g/mol. The molecular formula is C11H18N2O2. The first kappa shape index (κ1) is 10.6. The number of aromatic nitrogens is 2. The number of imidazole rings is 1. The second kappa shape index (κ2) is 4.77. The van der Waals surface area contributed by atoms with Crippen LogP contribution in [0.2, 0.25) is 0 Å². The second-order valence-electron chi connectivity index (χ2n) is 4.03. The summed E-state index contributed by atoms with van der Waals surface area (Å²) in [5.41, 5.74) is 1.11. The van der Waals surface area contributed by atoms with Crippen molar-refractivity contribution in [1.82, 2.24) is 9.55 Å². The summed E-state index contributed by atoms with van der Waals surface area (Å²) >= 11 is 0. The molecule has 2 rings (SSSR count). The number of nitrogens with zero attached hydrogens (tertiary/aromatic N) is 2. The summed E-state index contributed by atoms with van der Waals surface area (Å²) in [5.74, 6) is 0.234. The van der Waals surface area contributed by atoms with Gasteiger partial charge in [0.15, 0.2) is 0 Å². The van der Waals surface area contributed by atoms with E-state index < -0.39 is 0 Å². The summed E-state index contributed by atoms with van der Waals surface area (Å²) in [7, 11) is 0. The zero-order chi connectivity index (χ0) is 10.7. The van der Waals surface area contributed by atoms with Crippen molar-refractivity contribution < 1.29 is 9.84 Å². The zero-order valence-corrected chi connectivity index (χ0v) is 9.09. The van der Waals surface area contributed by atoms with E-state index in [1.165, 1.54) is 0 Å². The number of hydrogen-bond donors (Lipinski definition) is 1. The summed E-state index contributed by atoms with van der Waals surface area (Å²) in [6.07, 6.45) is 5.76. The van der Waals surface area contributed by atoms with Crippen molar-refractivity contribution in [1.29, 1.82) is 0 Å². The van der Waals surface area contributed by atoms with Gasteiger partial charge in [0, 0.05) is 25.7 Å². The molecule has 1 fully saturated rings. The molecule has 1 aromatic rings. The molecular weight excluding hydrogens is 192 g/mol. The van der Waals surface area contributed by atoms with Crippen molar-refractivity contribution in [3.05, 3.63) is 18.2 Å². The fourth-order valence-electron chi connectivity index (χ4n) is 2.14. The predicted molar refractivity (Wildman–Crippen MR) is 56.4 cm³/mol. The van der Waals surface area contributed by atoms with Gasteiger partial charge in [0.05, 0.1) is 18.2 Å². The molecule has 0 aliphatic carbocycles. The molecule has 2 heterocycles. The Balaban J connectivity index is 2.16. The average Bonchev–Trinajstić information content (AvgIpc) is 2.84. The maximum absolute atomic E-state index is 9.25. The Hall–Kier alpha value is -0.870. The van der Waals surface area contributed by atoms with Crippen LogP contribution in [0.3, 0.4) is 0 Å². The van der Waals surface area contributed by atoms with E-state index >= 15 is 0 Å². The Morgan fingerprint density at radius 1 is 1.67 bits per heavy atom. The standard InChI is InChI=1S/C11H18N2O2/c1-2-4-13-8-12-6-10(13)11-9(7-14)3-5-15-11/h6,8-9,11,14H,2-5,7H2,1H3. The van der Waals surface area contributed by atoms with Gasteiger partial charge >= 0.3 is 0 Å². The lowest BCUT2D eigenvalue weighted by atomic mass is 10.0. The van der Waals surface area contributed by atoms with E-state index in [4.69, 9.17) is 4.74 Å². The van der Waals surface area contributed by atoms with Gasteiger partial charge in [-0.1, -0.05) is 6.92 Å². The second-order valence-corrected chi connectivity index (χ2v) is 4.03. The SMILES string of the molecule is CCCn1cncc1C1OCCC1CO. The molecule has 1 aliphatic heterocycles. The van der Waals surface area contributed by atoms with Gasteiger partial charge in [-0.2, -0.15) is 0 Å². The molecule has 0 aromatic carbocycles. The van der Waals surface area contributed by atoms with Crippen LogP contribution in [0.15, 0.2) is 12.5 Å². The van der Waals surface area contributed by atoms with Crippen LogP contribution in [0, 0.1) is 5.92 Å². The Bertz CT molecular complexity index is 311. The first-order valence-corrected chi connectivity index (χ1v) is 5.59. The molecule has 1 aliphatic rings. The third kappa shape index (κ3) is 2.06. The van der Waals surface area contributed by atoms with Gasteiger partial charge in [0.2, 0.25) is 0 Å². The normalized spacial score (nSPS) is 26.0. The molecule has 1 N–H and O–H groups in total. The van der Waals surface area contributed by atoms with Crippen LogP contribution in [-0.4, -0.2) is 27.9 Å². The smallest absolute Gasteiger partial charge is 0.104 e. The lowest BCUT2D eigenvalue weighted by molar-refractivity contribution is 0.0660. The molecule has 1 saturated heterocycles. The van der Waals surface area contributed by atoms with E-state index in [1.807, 2.05) is 12.5 Å². The van der Waals surface area contributed by atoms with Gasteiger partial charge < -0.3 is 14.4 Å². The highest BCUT2D eigenvalue weighted by Gasteiger charge is 2.31. The highest BCUT2D eigenvalue weighted by molar-refractivity contribution is 5.06. The largest absolute Gasteiger partial charge is 0.396 e. The Kier molecular flexibility index (Phi) is 3.38. The van der Waals surface area contributed by atoms with E-state index in [2.05, 4.69) is 16.5 Å². The van der Waals surface area contributed by atoms with Crippen LogP contribution < -0.4 is 0 Å². The maximum Gasteiger partial charge on any atom is 0.104 e. The number of aliphatic hydroxyl groups excluding tert-OH is 1. The Labute approximate surface area is 89.9 Å². The molecule has 2 atom stereocenters. The lowest BCUT2D eigenvalue weighted by Gasteiger charge is -2.17. The number of rotatable bonds is 4. The number of ether oxygens (including phenoxy) is 1. The van der Waals surface area contributed by atoms with Crippen LogP contribution >= 0.6 is 0 Å². The van der Waals surface area contributed by atoms with E-state index in [1.54, 1.807) is 0 Å². The summed E-state index contributed by atoms with van der Waals surface area (Å²) in [6, 6.07) is 0. The molecule has 84 valence electrons. The van der Waals surface area contributed by atoms with Crippen LogP contribution in [0.25, 0.3) is 0 Å². The van der Waals surface area contributed by atoms with Crippen LogP contribution in [0.5, 0.6) is 0 Å². The average molecular weight is 210 g/mol. The quantitative estimate of drug-likeness (QED) is 0.816. The Morgan fingerprint density at radius 2 is 2.53 bits per heavy atom. The first-order valence-electron chi connectivity index (χ1n) is 5.59. The molecule has 4 heteroatoms. The number of aliphatic hydroxyl groups is 1. The minimum atomic E-state index is 0.0315. The minimum absolute atomic E-state index is 0.0315. The molecule has 2 unspecified atom stereocenters. The van der Waals surface area contributed by atoms with Gasteiger partial charge in [-0.15, -0.1) is 0 Å².